The van der Waals surface area contributed by atoms with Gasteiger partial charge in [0.05, 0.1) is 7.11 Å². The van der Waals surface area contributed by atoms with Crippen LogP contribution in [0.1, 0.15) is 55.8 Å². The van der Waals surface area contributed by atoms with Gasteiger partial charge in [0, 0.05) is 0 Å². The summed E-state index contributed by atoms with van der Waals surface area (Å²) in [7, 11) is 1.32. The van der Waals surface area contributed by atoms with E-state index < -0.39 is 11.6 Å². The van der Waals surface area contributed by atoms with Crippen LogP contribution < -0.4 is 0 Å². The van der Waals surface area contributed by atoms with Gasteiger partial charge in [0.25, 0.3) is 0 Å². The van der Waals surface area contributed by atoms with E-state index in [-0.39, 0.29) is 11.7 Å². The van der Waals surface area contributed by atoms with Gasteiger partial charge in [0.1, 0.15) is 11.4 Å². The fraction of sp³-hybridized carbons (Fsp3) is 0.667. The van der Waals surface area contributed by atoms with Gasteiger partial charge in [-0.3, -0.25) is 0 Å². The molecule has 2 atom stereocenters. The number of methoxy groups -OCH3 is 1. The van der Waals surface area contributed by atoms with E-state index in [0.717, 1.165) is 19.3 Å². The van der Waals surface area contributed by atoms with Crippen molar-refractivity contribution in [2.75, 3.05) is 7.11 Å². The molecule has 0 spiro atoms. The molecule has 106 valence electrons. The highest BCUT2D eigenvalue weighted by Crippen LogP contribution is 2.45. The molecule has 0 aliphatic heterocycles. The van der Waals surface area contributed by atoms with Crippen LogP contribution in [0.2, 0.25) is 0 Å². The van der Waals surface area contributed by atoms with Crippen molar-refractivity contribution in [3.8, 4) is 0 Å². The number of esters is 1. The molecule has 0 bridgehead atoms. The summed E-state index contributed by atoms with van der Waals surface area (Å²) in [5.41, 5.74) is -0.960. The Hall–Kier alpha value is -1.29. The average molecular weight is 266 g/mol. The van der Waals surface area contributed by atoms with Gasteiger partial charge >= 0.3 is 5.97 Å². The highest BCUT2D eigenvalue weighted by atomic mass is 16.5. The topological polar surface area (TPSA) is 59.7 Å². The van der Waals surface area contributed by atoms with E-state index in [0.29, 0.717) is 18.1 Å². The fourth-order valence-electron chi connectivity index (χ4n) is 3.15. The van der Waals surface area contributed by atoms with Crippen LogP contribution >= 0.6 is 0 Å². The predicted molar refractivity (Wildman–Crippen MR) is 70.7 cm³/mol. The third-order valence-corrected chi connectivity index (χ3v) is 4.16. The van der Waals surface area contributed by atoms with Crippen molar-refractivity contribution in [1.29, 1.82) is 0 Å². The number of hydrogen-bond donors (Lipinski definition) is 1. The van der Waals surface area contributed by atoms with Crippen molar-refractivity contribution in [2.24, 2.45) is 11.8 Å². The second kappa shape index (κ2) is 5.37. The lowest BCUT2D eigenvalue weighted by Crippen LogP contribution is -2.40. The van der Waals surface area contributed by atoms with E-state index >= 15 is 0 Å². The Kier molecular flexibility index (Phi) is 3.99. The number of carbonyl (C=O) groups excluding carboxylic acids is 1. The molecule has 4 nitrogen and oxygen atoms in total. The number of rotatable bonds is 3. The van der Waals surface area contributed by atoms with Gasteiger partial charge in [-0.1, -0.05) is 26.7 Å². The normalized spacial score (nSPS) is 27.5. The number of aliphatic hydroxyl groups is 1. The summed E-state index contributed by atoms with van der Waals surface area (Å²) in [5.74, 6) is 0.673. The van der Waals surface area contributed by atoms with E-state index in [2.05, 4.69) is 18.6 Å². The molecule has 19 heavy (non-hydrogen) atoms. The third-order valence-electron chi connectivity index (χ3n) is 4.16. The molecule has 0 saturated heterocycles. The predicted octanol–water partition coefficient (Wildman–Crippen LogP) is 3.10. The number of ether oxygens (including phenoxy) is 1. The smallest absolute Gasteiger partial charge is 0.373 e. The first kappa shape index (κ1) is 14.1. The molecule has 0 aromatic carbocycles. The van der Waals surface area contributed by atoms with Gasteiger partial charge in [-0.25, -0.2) is 4.79 Å². The Morgan fingerprint density at radius 2 is 2.21 bits per heavy atom. The van der Waals surface area contributed by atoms with Crippen LogP contribution in [0.3, 0.4) is 0 Å². The van der Waals surface area contributed by atoms with Crippen molar-refractivity contribution in [3.63, 3.8) is 0 Å². The van der Waals surface area contributed by atoms with Crippen LogP contribution in [0.5, 0.6) is 0 Å². The molecule has 1 aliphatic carbocycles. The zero-order valence-corrected chi connectivity index (χ0v) is 11.8. The van der Waals surface area contributed by atoms with Crippen LogP contribution in [-0.2, 0) is 10.3 Å². The molecular formula is C15H22O4. The summed E-state index contributed by atoms with van der Waals surface area (Å²) in [6.45, 7) is 4.23. The lowest BCUT2D eigenvalue weighted by atomic mass is 9.69. The summed E-state index contributed by atoms with van der Waals surface area (Å²) in [6.07, 6.45) is 3.79. The maximum atomic E-state index is 11.4. The monoisotopic (exact) mass is 266 g/mol. The second-order valence-electron chi connectivity index (χ2n) is 5.68. The highest BCUT2D eigenvalue weighted by molar-refractivity contribution is 5.86. The lowest BCUT2D eigenvalue weighted by Gasteiger charge is -2.40. The van der Waals surface area contributed by atoms with Gasteiger partial charge < -0.3 is 14.3 Å². The van der Waals surface area contributed by atoms with Crippen LogP contribution in [-0.4, -0.2) is 18.2 Å². The maximum Gasteiger partial charge on any atom is 0.373 e. The zero-order chi connectivity index (χ0) is 14.0. The Morgan fingerprint density at radius 1 is 1.47 bits per heavy atom. The van der Waals surface area contributed by atoms with E-state index in [9.17, 15) is 9.90 Å². The van der Waals surface area contributed by atoms with Gasteiger partial charge in [-0.05, 0) is 36.8 Å². The Bertz CT molecular complexity index is 449. The minimum absolute atomic E-state index is 0.152. The Labute approximate surface area is 113 Å². The van der Waals surface area contributed by atoms with Gasteiger partial charge in [-0.2, -0.15) is 0 Å². The fourth-order valence-corrected chi connectivity index (χ4v) is 3.15. The molecule has 1 aromatic rings. The van der Waals surface area contributed by atoms with Crippen LogP contribution in [0.4, 0.5) is 0 Å². The maximum absolute atomic E-state index is 11.4. The van der Waals surface area contributed by atoms with Crippen molar-refractivity contribution in [3.05, 3.63) is 23.7 Å². The quantitative estimate of drug-likeness (QED) is 0.854. The number of hydrogen-bond acceptors (Lipinski definition) is 4. The summed E-state index contributed by atoms with van der Waals surface area (Å²) in [4.78, 5) is 11.4. The third kappa shape index (κ3) is 2.54. The molecule has 0 amide bonds. The summed E-state index contributed by atoms with van der Waals surface area (Å²) in [6, 6.07) is 3.28. The summed E-state index contributed by atoms with van der Waals surface area (Å²) < 4.78 is 10.2. The zero-order valence-electron chi connectivity index (χ0n) is 11.8. The molecule has 4 heteroatoms. The van der Waals surface area contributed by atoms with Gasteiger partial charge in [0.2, 0.25) is 5.76 Å². The molecular weight excluding hydrogens is 244 g/mol. The molecule has 1 aromatic heterocycles. The lowest BCUT2D eigenvalue weighted by molar-refractivity contribution is -0.0875. The molecule has 1 N–H and O–H groups in total. The van der Waals surface area contributed by atoms with Crippen molar-refractivity contribution in [2.45, 2.75) is 45.1 Å². The highest BCUT2D eigenvalue weighted by Gasteiger charge is 2.44. The molecule has 2 rings (SSSR count). The van der Waals surface area contributed by atoms with Crippen molar-refractivity contribution in [1.82, 2.24) is 0 Å². The second-order valence-corrected chi connectivity index (χ2v) is 5.68. The average Bonchev–Trinajstić information content (AvgIpc) is 2.88. The first-order valence-electron chi connectivity index (χ1n) is 6.90. The summed E-state index contributed by atoms with van der Waals surface area (Å²) in [5, 5.41) is 11.0. The largest absolute Gasteiger partial charge is 0.463 e. The first-order valence-corrected chi connectivity index (χ1v) is 6.90. The Morgan fingerprint density at radius 3 is 2.84 bits per heavy atom. The minimum Gasteiger partial charge on any atom is -0.463 e. The SMILES string of the molecule is COC(=O)c1ccc(C2(O)CCCCC2C(C)C)o1. The first-order chi connectivity index (χ1) is 8.99. The molecule has 1 heterocycles. The molecule has 1 fully saturated rings. The van der Waals surface area contributed by atoms with E-state index in [4.69, 9.17) is 4.42 Å². The van der Waals surface area contributed by atoms with Crippen molar-refractivity contribution >= 4 is 5.97 Å². The van der Waals surface area contributed by atoms with E-state index in [1.54, 1.807) is 12.1 Å². The minimum atomic E-state index is -0.960. The van der Waals surface area contributed by atoms with Gasteiger partial charge in [0.15, 0.2) is 0 Å². The van der Waals surface area contributed by atoms with E-state index in [1.807, 2.05) is 0 Å². The van der Waals surface area contributed by atoms with E-state index in [1.165, 1.54) is 7.11 Å². The van der Waals surface area contributed by atoms with Crippen LogP contribution in [0, 0.1) is 11.8 Å². The number of furan rings is 1. The van der Waals surface area contributed by atoms with Crippen LogP contribution in [0.15, 0.2) is 16.5 Å². The molecule has 0 radical (unpaired) electrons. The summed E-state index contributed by atoms with van der Waals surface area (Å²) >= 11 is 0. The molecule has 1 aliphatic rings. The van der Waals surface area contributed by atoms with Crippen molar-refractivity contribution < 1.29 is 19.1 Å². The Balaban J connectivity index is 2.31. The molecule has 2 unspecified atom stereocenters. The van der Waals surface area contributed by atoms with Gasteiger partial charge in [-0.15, -0.1) is 0 Å². The molecule has 1 saturated carbocycles. The number of carbonyl (C=O) groups is 1. The standard InChI is InChI=1S/C15H22O4/c1-10(2)11-6-4-5-9-15(11,17)13-8-7-12(19-13)14(16)18-3/h7-8,10-11,17H,4-6,9H2,1-3H3. The van der Waals surface area contributed by atoms with Crippen LogP contribution in [0.25, 0.3) is 0 Å².